The largest absolute Gasteiger partial charge is 0.439 e. The van der Waals surface area contributed by atoms with Gasteiger partial charge in [-0.05, 0) is 23.1 Å². The second-order valence-corrected chi connectivity index (χ2v) is 5.35. The number of hydrogen-bond acceptors (Lipinski definition) is 3. The lowest BCUT2D eigenvalue weighted by molar-refractivity contribution is -0.0526. The van der Waals surface area contributed by atoms with Crippen molar-refractivity contribution in [2.24, 2.45) is 4.99 Å². The van der Waals surface area contributed by atoms with Crippen LogP contribution in [-0.2, 0) is 11.2 Å². The Balaban J connectivity index is 2.12. The molecule has 92 valence electrons. The minimum atomic E-state index is -1.73. The zero-order valence-electron chi connectivity index (χ0n) is 9.89. The van der Waals surface area contributed by atoms with Gasteiger partial charge in [-0.25, -0.2) is 4.99 Å². The molecular formula is C14H12FNOS. The van der Waals surface area contributed by atoms with E-state index in [0.717, 1.165) is 16.1 Å². The molecule has 0 aliphatic carbocycles. The van der Waals surface area contributed by atoms with Gasteiger partial charge in [0.1, 0.15) is 0 Å². The Labute approximate surface area is 109 Å². The number of aliphatic imine (C=N–C) groups is 1. The van der Waals surface area contributed by atoms with Crippen molar-refractivity contribution in [3.05, 3.63) is 52.2 Å². The van der Waals surface area contributed by atoms with Crippen molar-refractivity contribution in [1.29, 1.82) is 0 Å². The van der Waals surface area contributed by atoms with Gasteiger partial charge in [0.25, 0.3) is 5.85 Å². The van der Waals surface area contributed by atoms with Crippen LogP contribution in [0.1, 0.15) is 17.4 Å². The molecule has 3 rings (SSSR count). The Morgan fingerprint density at radius 1 is 1.28 bits per heavy atom. The zero-order chi connectivity index (χ0) is 12.6. The molecule has 1 atom stereocenters. The summed E-state index contributed by atoms with van der Waals surface area (Å²) in [5.74, 6) is -1.37. The highest BCUT2D eigenvalue weighted by molar-refractivity contribution is 7.12. The molecule has 0 radical (unpaired) electrons. The van der Waals surface area contributed by atoms with Crippen LogP contribution in [0.3, 0.4) is 0 Å². The fourth-order valence-corrected chi connectivity index (χ4v) is 2.63. The molecule has 2 heterocycles. The normalized spacial score (nSPS) is 22.7. The Bertz CT molecular complexity index is 590. The Hall–Kier alpha value is -1.68. The van der Waals surface area contributed by atoms with Gasteiger partial charge in [-0.2, -0.15) is 4.39 Å². The van der Waals surface area contributed by atoms with E-state index in [2.05, 4.69) is 4.99 Å². The molecule has 0 amide bonds. The number of ether oxygens (including phenoxy) is 1. The second-order valence-electron chi connectivity index (χ2n) is 4.40. The van der Waals surface area contributed by atoms with Crippen molar-refractivity contribution < 1.29 is 9.13 Å². The van der Waals surface area contributed by atoms with Crippen molar-refractivity contribution in [3.8, 4) is 0 Å². The number of halogens is 1. The van der Waals surface area contributed by atoms with Gasteiger partial charge in [0.15, 0.2) is 0 Å². The van der Waals surface area contributed by atoms with E-state index >= 15 is 0 Å². The summed E-state index contributed by atoms with van der Waals surface area (Å²) in [6.45, 7) is 1.44. The van der Waals surface area contributed by atoms with Gasteiger partial charge in [0.05, 0.1) is 10.6 Å². The number of fused-ring (bicyclic) bond motifs is 1. The van der Waals surface area contributed by atoms with Crippen LogP contribution in [0, 0.1) is 0 Å². The average molecular weight is 261 g/mol. The first-order valence-corrected chi connectivity index (χ1v) is 6.60. The number of para-hydroxylation sites is 1. The van der Waals surface area contributed by atoms with Crippen molar-refractivity contribution >= 4 is 22.9 Å². The Morgan fingerprint density at radius 2 is 2.11 bits per heavy atom. The standard InChI is InChI=1S/C14H12FNOS/c1-14(15)9-10-5-2-3-6-11(10)16-13(17-14)12-7-4-8-18-12/h2-8H,9H2,1H3/t14-/m1/s1. The smallest absolute Gasteiger partial charge is 0.251 e. The lowest BCUT2D eigenvalue weighted by atomic mass is 10.1. The van der Waals surface area contributed by atoms with Crippen LogP contribution < -0.4 is 0 Å². The molecule has 4 heteroatoms. The first kappa shape index (κ1) is 11.4. The molecule has 0 saturated heterocycles. The second kappa shape index (κ2) is 4.21. The molecule has 2 aromatic rings. The van der Waals surface area contributed by atoms with Crippen LogP contribution in [0.5, 0.6) is 0 Å². The molecule has 0 spiro atoms. The van der Waals surface area contributed by atoms with Gasteiger partial charge in [0, 0.05) is 13.3 Å². The van der Waals surface area contributed by atoms with E-state index in [1.165, 1.54) is 18.3 Å². The predicted octanol–water partition coefficient (Wildman–Crippen LogP) is 4.08. The van der Waals surface area contributed by atoms with Gasteiger partial charge in [-0.3, -0.25) is 0 Å². The van der Waals surface area contributed by atoms with Crippen molar-refractivity contribution in [2.75, 3.05) is 0 Å². The summed E-state index contributed by atoms with van der Waals surface area (Å²) in [6.07, 6.45) is 0.210. The molecule has 18 heavy (non-hydrogen) atoms. The topological polar surface area (TPSA) is 21.6 Å². The van der Waals surface area contributed by atoms with E-state index in [0.29, 0.717) is 5.90 Å². The van der Waals surface area contributed by atoms with Gasteiger partial charge in [-0.15, -0.1) is 11.3 Å². The lowest BCUT2D eigenvalue weighted by Crippen LogP contribution is -2.27. The van der Waals surface area contributed by atoms with Crippen LogP contribution in [0.2, 0.25) is 0 Å². The summed E-state index contributed by atoms with van der Waals surface area (Å²) < 4.78 is 19.8. The van der Waals surface area contributed by atoms with Gasteiger partial charge in [0.2, 0.25) is 5.90 Å². The summed E-state index contributed by atoms with van der Waals surface area (Å²) in [5, 5.41) is 1.92. The fourth-order valence-electron chi connectivity index (χ4n) is 1.99. The molecular weight excluding hydrogens is 249 g/mol. The molecule has 0 bridgehead atoms. The number of alkyl halides is 1. The number of nitrogens with zero attached hydrogens (tertiary/aromatic N) is 1. The van der Waals surface area contributed by atoms with Gasteiger partial charge >= 0.3 is 0 Å². The molecule has 0 N–H and O–H groups in total. The molecule has 0 fully saturated rings. The number of benzene rings is 1. The first-order valence-electron chi connectivity index (χ1n) is 5.72. The third-order valence-corrected chi connectivity index (χ3v) is 3.62. The molecule has 0 saturated carbocycles. The zero-order valence-corrected chi connectivity index (χ0v) is 10.7. The van der Waals surface area contributed by atoms with E-state index in [1.54, 1.807) is 0 Å². The SMILES string of the molecule is C[C@]1(F)Cc2ccccc2N=C(c2cccs2)O1. The lowest BCUT2D eigenvalue weighted by Gasteiger charge is -2.20. The average Bonchev–Trinajstić information content (AvgIpc) is 2.79. The monoisotopic (exact) mass is 261 g/mol. The van der Waals surface area contributed by atoms with E-state index in [9.17, 15) is 4.39 Å². The van der Waals surface area contributed by atoms with Crippen molar-refractivity contribution in [2.45, 2.75) is 19.2 Å². The minimum absolute atomic E-state index is 0.210. The van der Waals surface area contributed by atoms with Crippen LogP contribution in [0.15, 0.2) is 46.8 Å². The van der Waals surface area contributed by atoms with E-state index in [-0.39, 0.29) is 6.42 Å². The minimum Gasteiger partial charge on any atom is -0.439 e. The molecule has 1 aliphatic rings. The number of hydrogen-bond donors (Lipinski definition) is 0. The van der Waals surface area contributed by atoms with Crippen LogP contribution in [-0.4, -0.2) is 11.8 Å². The van der Waals surface area contributed by atoms with Crippen LogP contribution in [0.25, 0.3) is 0 Å². The molecule has 0 unspecified atom stereocenters. The maximum atomic E-state index is 14.4. The summed E-state index contributed by atoms with van der Waals surface area (Å²) in [4.78, 5) is 5.29. The van der Waals surface area contributed by atoms with Crippen LogP contribution in [0.4, 0.5) is 10.1 Å². The van der Waals surface area contributed by atoms with E-state index < -0.39 is 5.85 Å². The van der Waals surface area contributed by atoms with Crippen molar-refractivity contribution in [1.82, 2.24) is 0 Å². The molecule has 2 nitrogen and oxygen atoms in total. The predicted molar refractivity (Wildman–Crippen MR) is 71.3 cm³/mol. The van der Waals surface area contributed by atoms with Gasteiger partial charge in [-0.1, -0.05) is 24.3 Å². The highest BCUT2D eigenvalue weighted by Crippen LogP contribution is 2.32. The number of thiophene rings is 1. The summed E-state index contributed by atoms with van der Waals surface area (Å²) in [7, 11) is 0. The Morgan fingerprint density at radius 3 is 2.89 bits per heavy atom. The third-order valence-electron chi connectivity index (χ3n) is 2.76. The highest BCUT2D eigenvalue weighted by atomic mass is 32.1. The summed E-state index contributed by atoms with van der Waals surface area (Å²) in [5.41, 5.74) is 1.65. The Kier molecular flexibility index (Phi) is 2.67. The highest BCUT2D eigenvalue weighted by Gasteiger charge is 2.31. The summed E-state index contributed by atoms with van der Waals surface area (Å²) >= 11 is 1.49. The summed E-state index contributed by atoms with van der Waals surface area (Å²) in [6, 6.07) is 11.3. The maximum absolute atomic E-state index is 14.4. The molecule has 1 aromatic carbocycles. The maximum Gasteiger partial charge on any atom is 0.251 e. The molecule has 1 aromatic heterocycles. The van der Waals surface area contributed by atoms with E-state index in [1.807, 2.05) is 41.8 Å². The van der Waals surface area contributed by atoms with Crippen molar-refractivity contribution in [3.63, 3.8) is 0 Å². The fraction of sp³-hybridized carbons (Fsp3) is 0.214. The van der Waals surface area contributed by atoms with Gasteiger partial charge < -0.3 is 4.74 Å². The molecule has 1 aliphatic heterocycles. The number of rotatable bonds is 1. The third kappa shape index (κ3) is 2.16. The van der Waals surface area contributed by atoms with Crippen LogP contribution >= 0.6 is 11.3 Å². The quantitative estimate of drug-likeness (QED) is 0.757. The van der Waals surface area contributed by atoms with E-state index in [4.69, 9.17) is 4.74 Å². The first-order chi connectivity index (χ1) is 8.64.